The number of aliphatic carboxylic acids is 1. The molecule has 3 N–H and O–H groups in total. The number of aromatic amines is 1. The summed E-state index contributed by atoms with van der Waals surface area (Å²) >= 11 is 0. The van der Waals surface area contributed by atoms with Gasteiger partial charge in [-0.2, -0.15) is 5.10 Å². The third-order valence-electron chi connectivity index (χ3n) is 3.06. The molecule has 1 aliphatic heterocycles. The largest absolute Gasteiger partial charge is 0.481 e. The Kier molecular flexibility index (Phi) is 3.81. The predicted octanol–water partition coefficient (Wildman–Crippen LogP) is 0.416. The molecule has 1 aromatic heterocycles. The summed E-state index contributed by atoms with van der Waals surface area (Å²) in [5.41, 5.74) is 0.884. The Hall–Kier alpha value is -2.05. The molecule has 0 aliphatic carbocycles. The number of likely N-dealkylation sites (tertiary alicyclic amines) is 1. The van der Waals surface area contributed by atoms with E-state index in [4.69, 9.17) is 5.11 Å². The lowest BCUT2D eigenvalue weighted by Gasteiger charge is -2.30. The molecule has 0 spiro atoms. The number of urea groups is 1. The molecule has 1 saturated heterocycles. The first-order chi connectivity index (χ1) is 8.66. The molecular weight excluding hydrogens is 236 g/mol. The molecule has 0 aromatic carbocycles. The molecule has 1 aliphatic rings. The summed E-state index contributed by atoms with van der Waals surface area (Å²) in [6, 6.07) is -0.220. The molecule has 2 amide bonds. The van der Waals surface area contributed by atoms with Crippen molar-refractivity contribution in [1.29, 1.82) is 0 Å². The molecule has 1 atom stereocenters. The molecule has 2 rings (SSSR count). The second-order valence-electron chi connectivity index (χ2n) is 4.39. The zero-order valence-electron chi connectivity index (χ0n) is 9.93. The number of amides is 2. The van der Waals surface area contributed by atoms with Gasteiger partial charge < -0.3 is 15.3 Å². The molecule has 98 valence electrons. The van der Waals surface area contributed by atoms with Crippen LogP contribution in [0.25, 0.3) is 0 Å². The monoisotopic (exact) mass is 252 g/mol. The lowest BCUT2D eigenvalue weighted by atomic mass is 9.99. The third-order valence-corrected chi connectivity index (χ3v) is 3.06. The van der Waals surface area contributed by atoms with Gasteiger partial charge in [-0.25, -0.2) is 4.79 Å². The fourth-order valence-electron chi connectivity index (χ4n) is 2.03. The second-order valence-corrected chi connectivity index (χ2v) is 4.39. The fraction of sp³-hybridized carbons (Fsp3) is 0.545. The third kappa shape index (κ3) is 2.99. The predicted molar refractivity (Wildman–Crippen MR) is 62.8 cm³/mol. The van der Waals surface area contributed by atoms with E-state index in [2.05, 4.69) is 15.5 Å². The van der Waals surface area contributed by atoms with Crippen LogP contribution in [0.15, 0.2) is 12.4 Å². The highest BCUT2D eigenvalue weighted by Crippen LogP contribution is 2.16. The lowest BCUT2D eigenvalue weighted by Crippen LogP contribution is -2.46. The van der Waals surface area contributed by atoms with Crippen LogP contribution in [0.4, 0.5) is 4.79 Å². The lowest BCUT2D eigenvalue weighted by molar-refractivity contribution is -0.143. The highest BCUT2D eigenvalue weighted by Gasteiger charge is 2.27. The van der Waals surface area contributed by atoms with E-state index in [9.17, 15) is 9.59 Å². The summed E-state index contributed by atoms with van der Waals surface area (Å²) in [5.74, 6) is -1.28. The van der Waals surface area contributed by atoms with E-state index < -0.39 is 11.9 Å². The van der Waals surface area contributed by atoms with Gasteiger partial charge in [-0.3, -0.25) is 9.89 Å². The number of rotatable bonds is 3. The number of hydrogen-bond acceptors (Lipinski definition) is 3. The summed E-state index contributed by atoms with van der Waals surface area (Å²) in [6.45, 7) is 1.29. The first kappa shape index (κ1) is 12.4. The number of carbonyl (C=O) groups is 2. The van der Waals surface area contributed by atoms with Gasteiger partial charge in [-0.15, -0.1) is 0 Å². The summed E-state index contributed by atoms with van der Waals surface area (Å²) < 4.78 is 0. The van der Waals surface area contributed by atoms with E-state index >= 15 is 0 Å². The van der Waals surface area contributed by atoms with E-state index in [-0.39, 0.29) is 12.6 Å². The molecule has 7 heteroatoms. The Morgan fingerprint density at radius 3 is 3.11 bits per heavy atom. The molecule has 0 saturated carbocycles. The van der Waals surface area contributed by atoms with E-state index in [0.29, 0.717) is 19.5 Å². The summed E-state index contributed by atoms with van der Waals surface area (Å²) in [4.78, 5) is 24.3. The minimum Gasteiger partial charge on any atom is -0.481 e. The van der Waals surface area contributed by atoms with Crippen molar-refractivity contribution in [3.8, 4) is 0 Å². The summed E-state index contributed by atoms with van der Waals surface area (Å²) in [7, 11) is 0. The van der Waals surface area contributed by atoms with Crippen LogP contribution in [0, 0.1) is 5.92 Å². The standard InChI is InChI=1S/C11H16N4O3/c16-10(17)9-2-1-3-15(7-9)11(18)12-4-8-5-13-14-6-8/h5-6,9H,1-4,7H2,(H,12,18)(H,13,14)(H,16,17)/t9-/m0/s1. The van der Waals surface area contributed by atoms with Crippen molar-refractivity contribution >= 4 is 12.0 Å². The van der Waals surface area contributed by atoms with Gasteiger partial charge in [-0.05, 0) is 12.8 Å². The second kappa shape index (κ2) is 5.52. The highest BCUT2D eigenvalue weighted by molar-refractivity contribution is 5.76. The molecular formula is C11H16N4O3. The topological polar surface area (TPSA) is 98.3 Å². The zero-order valence-corrected chi connectivity index (χ0v) is 9.93. The van der Waals surface area contributed by atoms with Crippen LogP contribution < -0.4 is 5.32 Å². The quantitative estimate of drug-likeness (QED) is 0.725. The van der Waals surface area contributed by atoms with Crippen LogP contribution in [0.5, 0.6) is 0 Å². The van der Waals surface area contributed by atoms with Gasteiger partial charge in [0.25, 0.3) is 0 Å². The number of carboxylic acid groups (broad SMARTS) is 1. The van der Waals surface area contributed by atoms with Crippen LogP contribution in [0.1, 0.15) is 18.4 Å². The molecule has 7 nitrogen and oxygen atoms in total. The maximum absolute atomic E-state index is 11.9. The average molecular weight is 252 g/mol. The van der Waals surface area contributed by atoms with Crippen molar-refractivity contribution in [2.24, 2.45) is 5.92 Å². The summed E-state index contributed by atoms with van der Waals surface area (Å²) in [5, 5.41) is 18.1. The van der Waals surface area contributed by atoms with Crippen molar-refractivity contribution in [2.75, 3.05) is 13.1 Å². The number of H-pyrrole nitrogens is 1. The first-order valence-electron chi connectivity index (χ1n) is 5.90. The van der Waals surface area contributed by atoms with Gasteiger partial charge >= 0.3 is 12.0 Å². The maximum atomic E-state index is 11.9. The summed E-state index contributed by atoms with van der Waals surface area (Å²) in [6.07, 6.45) is 4.71. The number of hydrogen-bond donors (Lipinski definition) is 3. The number of nitrogens with zero attached hydrogens (tertiary/aromatic N) is 2. The number of aromatic nitrogens is 2. The Labute approximate surface area is 104 Å². The van der Waals surface area contributed by atoms with Crippen molar-refractivity contribution in [3.05, 3.63) is 18.0 Å². The smallest absolute Gasteiger partial charge is 0.317 e. The molecule has 2 heterocycles. The first-order valence-corrected chi connectivity index (χ1v) is 5.90. The molecule has 1 aromatic rings. The molecule has 18 heavy (non-hydrogen) atoms. The van der Waals surface area contributed by atoms with Gasteiger partial charge in [0.1, 0.15) is 0 Å². The van der Waals surface area contributed by atoms with Gasteiger partial charge in [0.05, 0.1) is 12.1 Å². The minimum absolute atomic E-state index is 0.220. The Bertz CT molecular complexity index is 418. The van der Waals surface area contributed by atoms with Crippen LogP contribution in [0.3, 0.4) is 0 Å². The van der Waals surface area contributed by atoms with Crippen molar-refractivity contribution < 1.29 is 14.7 Å². The Morgan fingerprint density at radius 2 is 2.44 bits per heavy atom. The van der Waals surface area contributed by atoms with E-state index in [0.717, 1.165) is 12.0 Å². The fourth-order valence-corrected chi connectivity index (χ4v) is 2.03. The van der Waals surface area contributed by atoms with Crippen LogP contribution in [0.2, 0.25) is 0 Å². The van der Waals surface area contributed by atoms with E-state index in [1.807, 2.05) is 0 Å². The van der Waals surface area contributed by atoms with Crippen LogP contribution in [-0.2, 0) is 11.3 Å². The molecule has 0 bridgehead atoms. The molecule has 0 unspecified atom stereocenters. The number of carboxylic acids is 1. The van der Waals surface area contributed by atoms with Gasteiger partial charge in [0, 0.05) is 31.4 Å². The van der Waals surface area contributed by atoms with Crippen molar-refractivity contribution in [1.82, 2.24) is 20.4 Å². The molecule has 1 fully saturated rings. The minimum atomic E-state index is -0.831. The highest BCUT2D eigenvalue weighted by atomic mass is 16.4. The normalized spacial score (nSPS) is 19.6. The SMILES string of the molecule is O=C(O)[C@H]1CCCN(C(=O)NCc2cn[nH]c2)C1. The average Bonchev–Trinajstić information content (AvgIpc) is 2.89. The Balaban J connectivity index is 1.83. The van der Waals surface area contributed by atoms with Gasteiger partial charge in [0.15, 0.2) is 0 Å². The van der Waals surface area contributed by atoms with Crippen molar-refractivity contribution in [3.63, 3.8) is 0 Å². The number of piperidine rings is 1. The van der Waals surface area contributed by atoms with E-state index in [1.54, 1.807) is 17.3 Å². The van der Waals surface area contributed by atoms with E-state index in [1.165, 1.54) is 0 Å². The van der Waals surface area contributed by atoms with Crippen molar-refractivity contribution in [2.45, 2.75) is 19.4 Å². The number of nitrogens with one attached hydrogen (secondary N) is 2. The number of carbonyl (C=O) groups excluding carboxylic acids is 1. The van der Waals surface area contributed by atoms with Crippen LogP contribution in [-0.4, -0.2) is 45.3 Å². The Morgan fingerprint density at radius 1 is 1.61 bits per heavy atom. The van der Waals surface area contributed by atoms with Gasteiger partial charge in [-0.1, -0.05) is 0 Å². The van der Waals surface area contributed by atoms with Gasteiger partial charge in [0.2, 0.25) is 0 Å². The molecule has 0 radical (unpaired) electrons. The zero-order chi connectivity index (χ0) is 13.0. The maximum Gasteiger partial charge on any atom is 0.317 e. The van der Waals surface area contributed by atoms with Crippen LogP contribution >= 0.6 is 0 Å².